The van der Waals surface area contributed by atoms with Gasteiger partial charge < -0.3 is 4.31 Å². The third-order valence-electron chi connectivity index (χ3n) is 2.09. The highest BCUT2D eigenvalue weighted by molar-refractivity contribution is 8.69. The quantitative estimate of drug-likeness (QED) is 0.460. The van der Waals surface area contributed by atoms with E-state index in [1.807, 2.05) is 6.07 Å². The molecule has 1 atom stereocenters. The lowest BCUT2D eigenvalue weighted by Gasteiger charge is -2.26. The minimum absolute atomic E-state index is 0.518. The van der Waals surface area contributed by atoms with E-state index in [1.165, 1.54) is 16.7 Å². The highest BCUT2D eigenvalue weighted by Gasteiger charge is 2.11. The first kappa shape index (κ1) is 10.8. The molecule has 0 heterocycles. The fourth-order valence-electron chi connectivity index (χ4n) is 1.12. The average Bonchev–Trinajstić information content (AvgIpc) is 2.20. The Morgan fingerprint density at radius 3 is 2.46 bits per heavy atom. The maximum atomic E-state index is 4.26. The van der Waals surface area contributed by atoms with Crippen molar-refractivity contribution in [2.75, 3.05) is 4.31 Å². The van der Waals surface area contributed by atoms with Crippen molar-refractivity contribution in [2.24, 2.45) is 0 Å². The van der Waals surface area contributed by atoms with Crippen LogP contribution in [0.3, 0.4) is 0 Å². The SMILES string of the molecule is CCC(C)N(SS)c1ccccc1. The lowest BCUT2D eigenvalue weighted by Crippen LogP contribution is -2.24. The van der Waals surface area contributed by atoms with Crippen molar-refractivity contribution in [3.8, 4) is 0 Å². The molecule has 3 heteroatoms. The number of hydrogen-bond acceptors (Lipinski definition) is 3. The molecule has 0 aliphatic heterocycles. The zero-order chi connectivity index (χ0) is 9.68. The minimum Gasteiger partial charge on any atom is -0.305 e. The van der Waals surface area contributed by atoms with Crippen molar-refractivity contribution < 1.29 is 0 Å². The van der Waals surface area contributed by atoms with Crippen molar-refractivity contribution in [3.63, 3.8) is 0 Å². The Morgan fingerprint density at radius 2 is 2.00 bits per heavy atom. The average molecular weight is 213 g/mol. The van der Waals surface area contributed by atoms with Crippen LogP contribution in [0, 0.1) is 0 Å². The third-order valence-corrected chi connectivity index (χ3v) is 3.36. The topological polar surface area (TPSA) is 3.24 Å². The van der Waals surface area contributed by atoms with Gasteiger partial charge in [-0.1, -0.05) is 36.8 Å². The Bertz CT molecular complexity index is 238. The second-order valence-electron chi connectivity index (χ2n) is 3.00. The molecule has 0 spiro atoms. The first-order valence-corrected chi connectivity index (χ1v) is 6.28. The molecule has 0 amide bonds. The van der Waals surface area contributed by atoms with Gasteiger partial charge in [-0.3, -0.25) is 0 Å². The van der Waals surface area contributed by atoms with Crippen LogP contribution in [0.4, 0.5) is 5.69 Å². The molecule has 0 radical (unpaired) electrons. The van der Waals surface area contributed by atoms with Gasteiger partial charge in [-0.2, -0.15) is 0 Å². The summed E-state index contributed by atoms with van der Waals surface area (Å²) in [5.74, 6) is 0. The first-order valence-electron chi connectivity index (χ1n) is 4.45. The van der Waals surface area contributed by atoms with Crippen molar-refractivity contribution in [3.05, 3.63) is 30.3 Å². The van der Waals surface area contributed by atoms with Crippen molar-refractivity contribution in [1.29, 1.82) is 0 Å². The summed E-state index contributed by atoms with van der Waals surface area (Å²) in [6.07, 6.45) is 1.13. The predicted octanol–water partition coefficient (Wildman–Crippen LogP) is 3.78. The molecule has 0 saturated carbocycles. The van der Waals surface area contributed by atoms with Crippen LogP contribution >= 0.6 is 22.6 Å². The van der Waals surface area contributed by atoms with Crippen molar-refractivity contribution in [1.82, 2.24) is 0 Å². The normalized spacial score (nSPS) is 12.5. The number of para-hydroxylation sites is 1. The summed E-state index contributed by atoms with van der Waals surface area (Å²) in [4.78, 5) is 0. The van der Waals surface area contributed by atoms with Crippen LogP contribution in [0.25, 0.3) is 0 Å². The molecule has 1 aromatic rings. The second kappa shape index (κ2) is 5.45. The molecular formula is C10H15NS2. The molecule has 13 heavy (non-hydrogen) atoms. The van der Waals surface area contributed by atoms with Gasteiger partial charge in [-0.25, -0.2) is 0 Å². The van der Waals surface area contributed by atoms with E-state index in [1.54, 1.807) is 0 Å². The molecule has 0 N–H and O–H groups in total. The summed E-state index contributed by atoms with van der Waals surface area (Å²) in [5.41, 5.74) is 1.22. The molecule has 0 saturated heterocycles. The van der Waals surface area contributed by atoms with Gasteiger partial charge in [-0.15, -0.1) is 0 Å². The number of rotatable bonds is 4. The predicted molar refractivity (Wildman–Crippen MR) is 65.3 cm³/mol. The molecule has 0 fully saturated rings. The van der Waals surface area contributed by atoms with E-state index >= 15 is 0 Å². The van der Waals surface area contributed by atoms with E-state index in [9.17, 15) is 0 Å². The van der Waals surface area contributed by atoms with Gasteiger partial charge in [0.25, 0.3) is 0 Å². The highest BCUT2D eigenvalue weighted by atomic mass is 33.1. The lowest BCUT2D eigenvalue weighted by molar-refractivity contribution is 0.722. The Morgan fingerprint density at radius 1 is 1.38 bits per heavy atom. The number of nitrogens with zero attached hydrogens (tertiary/aromatic N) is 1. The Hall–Kier alpha value is -0.280. The van der Waals surface area contributed by atoms with Crippen LogP contribution in [-0.2, 0) is 0 Å². The molecular weight excluding hydrogens is 198 g/mol. The first-order chi connectivity index (χ1) is 6.29. The fraction of sp³-hybridized carbons (Fsp3) is 0.400. The number of thiol groups is 1. The van der Waals surface area contributed by atoms with Crippen molar-refractivity contribution >= 4 is 28.3 Å². The van der Waals surface area contributed by atoms with Crippen molar-refractivity contribution in [2.45, 2.75) is 26.3 Å². The molecule has 0 aliphatic rings. The van der Waals surface area contributed by atoms with Gasteiger partial charge in [0, 0.05) is 22.7 Å². The Balaban J connectivity index is 2.78. The third kappa shape index (κ3) is 2.85. The summed E-state index contributed by atoms with van der Waals surface area (Å²) in [6, 6.07) is 10.9. The maximum Gasteiger partial charge on any atom is 0.0480 e. The number of hydrogen-bond donors (Lipinski definition) is 1. The van der Waals surface area contributed by atoms with E-state index in [0.717, 1.165) is 6.42 Å². The molecule has 0 aliphatic carbocycles. The minimum atomic E-state index is 0.518. The smallest absolute Gasteiger partial charge is 0.0480 e. The van der Waals surface area contributed by atoms with Gasteiger partial charge in [0.15, 0.2) is 0 Å². The zero-order valence-corrected chi connectivity index (χ0v) is 9.68. The standard InChI is InChI=1S/C10H15NS2/c1-3-9(2)11(13-12)10-7-5-4-6-8-10/h4-9,12H,3H2,1-2H3. The van der Waals surface area contributed by atoms with E-state index < -0.39 is 0 Å². The van der Waals surface area contributed by atoms with Crippen LogP contribution in [-0.4, -0.2) is 6.04 Å². The molecule has 0 bridgehead atoms. The summed E-state index contributed by atoms with van der Waals surface area (Å²) < 4.78 is 2.21. The molecule has 0 aromatic heterocycles. The second-order valence-corrected chi connectivity index (χ2v) is 4.05. The Kier molecular flexibility index (Phi) is 4.53. The van der Waals surface area contributed by atoms with Crippen LogP contribution in [0.15, 0.2) is 30.3 Å². The van der Waals surface area contributed by atoms with Gasteiger partial charge in [0.1, 0.15) is 0 Å². The molecule has 1 unspecified atom stereocenters. The van der Waals surface area contributed by atoms with Gasteiger partial charge >= 0.3 is 0 Å². The largest absolute Gasteiger partial charge is 0.305 e. The van der Waals surface area contributed by atoms with E-state index in [0.29, 0.717) is 6.04 Å². The molecule has 1 rings (SSSR count). The van der Waals surface area contributed by atoms with E-state index in [-0.39, 0.29) is 0 Å². The van der Waals surface area contributed by atoms with Crippen LogP contribution in [0.1, 0.15) is 20.3 Å². The van der Waals surface area contributed by atoms with Crippen LogP contribution < -0.4 is 4.31 Å². The summed E-state index contributed by atoms with van der Waals surface area (Å²) in [5, 5.41) is 0. The van der Waals surface area contributed by atoms with Crippen LogP contribution in [0.5, 0.6) is 0 Å². The molecule has 1 nitrogen and oxygen atoms in total. The van der Waals surface area contributed by atoms with Gasteiger partial charge in [0.2, 0.25) is 0 Å². The molecule has 72 valence electrons. The fourth-order valence-corrected chi connectivity index (χ4v) is 2.41. The Labute approximate surface area is 89.5 Å². The zero-order valence-electron chi connectivity index (χ0n) is 7.97. The highest BCUT2D eigenvalue weighted by Crippen LogP contribution is 2.27. The van der Waals surface area contributed by atoms with E-state index in [4.69, 9.17) is 0 Å². The van der Waals surface area contributed by atoms with Gasteiger partial charge in [-0.05, 0) is 25.5 Å². The summed E-state index contributed by atoms with van der Waals surface area (Å²) in [7, 11) is 1.48. The monoisotopic (exact) mass is 213 g/mol. The summed E-state index contributed by atoms with van der Waals surface area (Å²) >= 11 is 4.26. The summed E-state index contributed by atoms with van der Waals surface area (Å²) in [6.45, 7) is 4.39. The lowest BCUT2D eigenvalue weighted by atomic mass is 10.2. The number of benzene rings is 1. The maximum absolute atomic E-state index is 4.26. The van der Waals surface area contributed by atoms with Crippen LogP contribution in [0.2, 0.25) is 0 Å². The van der Waals surface area contributed by atoms with E-state index in [2.05, 4.69) is 54.1 Å². The van der Waals surface area contributed by atoms with Gasteiger partial charge in [0.05, 0.1) is 0 Å². The molecule has 1 aromatic carbocycles. The number of anilines is 1.